The quantitative estimate of drug-likeness (QED) is 0.139. The van der Waals surface area contributed by atoms with Crippen molar-refractivity contribution in [1.29, 1.82) is 0 Å². The van der Waals surface area contributed by atoms with E-state index >= 15 is 0 Å². The van der Waals surface area contributed by atoms with Gasteiger partial charge in [-0.15, -0.1) is 0 Å². The third-order valence-corrected chi connectivity index (χ3v) is 15.3. The van der Waals surface area contributed by atoms with Crippen molar-refractivity contribution < 1.29 is 164 Å². The summed E-state index contributed by atoms with van der Waals surface area (Å²) >= 11 is 0. The van der Waals surface area contributed by atoms with Gasteiger partial charge in [-0.05, 0) is 234 Å². The maximum atomic E-state index is 4.75. The van der Waals surface area contributed by atoms with E-state index in [0.717, 1.165) is 34.2 Å². The van der Waals surface area contributed by atoms with Crippen LogP contribution in [-0.2, 0) is 164 Å². The molecule has 429 valence electrons. The summed E-state index contributed by atoms with van der Waals surface area (Å²) < 4.78 is 0. The number of benzene rings is 1. The Morgan fingerprint density at radius 2 is 0.342 bits per heavy atom. The van der Waals surface area contributed by atoms with Crippen LogP contribution < -0.4 is 0 Å². The van der Waals surface area contributed by atoms with Crippen LogP contribution in [0.3, 0.4) is 0 Å². The number of aryl methyl sites for hydroxylation is 4. The predicted octanol–water partition coefficient (Wildman–Crippen LogP) is 20.3. The maximum Gasteiger partial charge on any atom is 0.0688 e. The third-order valence-electron chi connectivity index (χ3n) is 15.3. The SMILES string of the molecule is Cc1c(C(C)C)nnc(C(C)C)c1C.Cc1c(C)c(C(C)C)c(C)c(C)c1C(C)C.Cc1nc(C(C)C)c(C)c(C)c1C(C)C.Cc1nc(C(C)C)c(C)c(C)c1C(C)C.Cc1nc(C(C)C)c(C)nc1C(C)C.[Y].[Y].[Y].[Y].[Y]. The molecular weight excluding hydrogens is 1350 g/mol. The molecule has 0 aliphatic rings. The topological polar surface area (TPSA) is 77.3 Å². The van der Waals surface area contributed by atoms with Gasteiger partial charge in [-0.1, -0.05) is 138 Å². The molecule has 1 aromatic carbocycles. The average molecular weight is 1460 g/mol. The van der Waals surface area contributed by atoms with Crippen LogP contribution in [0.2, 0.25) is 0 Å². The fourth-order valence-corrected chi connectivity index (χ4v) is 11.4. The summed E-state index contributed by atoms with van der Waals surface area (Å²) in [6.45, 7) is 74.9. The molecule has 5 aromatic rings. The molecule has 5 radical (unpaired) electrons. The molecule has 0 atom stereocenters. The van der Waals surface area contributed by atoms with E-state index in [9.17, 15) is 0 Å². The number of rotatable bonds is 10. The first-order valence-corrected chi connectivity index (χ1v) is 28.6. The van der Waals surface area contributed by atoms with Crippen molar-refractivity contribution in [2.45, 2.75) is 295 Å². The first kappa shape index (κ1) is 89.0. The predicted molar refractivity (Wildman–Crippen MR) is 326 cm³/mol. The van der Waals surface area contributed by atoms with Gasteiger partial charge >= 0.3 is 0 Å². The van der Waals surface area contributed by atoms with E-state index in [4.69, 9.17) is 9.97 Å². The second-order valence-electron chi connectivity index (χ2n) is 24.8. The van der Waals surface area contributed by atoms with Gasteiger partial charge in [0, 0.05) is 186 Å². The molecule has 0 bridgehead atoms. The molecule has 0 unspecified atom stereocenters. The molecule has 11 heteroatoms. The first-order chi connectivity index (χ1) is 33.9. The normalized spacial score (nSPS) is 10.8. The Morgan fingerprint density at radius 1 is 0.177 bits per heavy atom. The van der Waals surface area contributed by atoms with Crippen LogP contribution in [0.1, 0.15) is 332 Å². The van der Waals surface area contributed by atoms with E-state index < -0.39 is 0 Å². The summed E-state index contributed by atoms with van der Waals surface area (Å²) in [5.41, 5.74) is 31.8. The van der Waals surface area contributed by atoms with Gasteiger partial charge in [0.25, 0.3) is 0 Å². The molecule has 0 spiro atoms. The minimum atomic E-state index is 0. The fourth-order valence-electron chi connectivity index (χ4n) is 11.4. The van der Waals surface area contributed by atoms with Crippen molar-refractivity contribution in [3.8, 4) is 0 Å². The van der Waals surface area contributed by atoms with E-state index in [1.54, 1.807) is 11.1 Å². The average Bonchev–Trinajstić information content (AvgIpc) is 3.27. The summed E-state index contributed by atoms with van der Waals surface area (Å²) in [6.07, 6.45) is 0. The number of hydrogen-bond donors (Lipinski definition) is 0. The van der Waals surface area contributed by atoms with Gasteiger partial charge in [0.05, 0.1) is 34.2 Å². The van der Waals surface area contributed by atoms with E-state index in [2.05, 4.69) is 242 Å². The van der Waals surface area contributed by atoms with E-state index in [1.807, 2.05) is 13.8 Å². The van der Waals surface area contributed by atoms with E-state index in [1.165, 1.54) is 89.5 Å². The standard InChI is InChI=1S/C16H26.2C14H23N.2C12H20N2.5Y/c1-9(2)15-11(5)13(7)16(10(3)4)14(8)12(15)6;2*1-8(2)13-10(5)11(6)14(9(3)4)15-12(13)7;1-7(2)11-9(5)14-12(8(3)4)10(6)13-11;1-7(2)11-9(5)10(6)12(8(3)4)14-13-11;;;;;/h9-10H,1-8H3;2*8-9H,1-7H3;2*7-8H,1-6H3;;;;;. The zero-order valence-corrected chi connectivity index (χ0v) is 71.5. The Hall–Kier alpha value is 1.20. The second-order valence-corrected chi connectivity index (χ2v) is 24.8. The van der Waals surface area contributed by atoms with Gasteiger partial charge in [0.2, 0.25) is 0 Å². The van der Waals surface area contributed by atoms with Crippen LogP contribution in [0.4, 0.5) is 0 Å². The Balaban J connectivity index is -0.000000285. The van der Waals surface area contributed by atoms with Gasteiger partial charge in [-0.2, -0.15) is 10.2 Å². The molecule has 0 N–H and O–H groups in total. The number of hydrogen-bond acceptors (Lipinski definition) is 6. The molecule has 4 aromatic heterocycles. The van der Waals surface area contributed by atoms with Crippen molar-refractivity contribution >= 4 is 0 Å². The maximum absolute atomic E-state index is 4.75. The monoisotopic (exact) mass is 1460 g/mol. The molecule has 0 saturated carbocycles. The van der Waals surface area contributed by atoms with Gasteiger partial charge < -0.3 is 0 Å². The summed E-state index contributed by atoms with van der Waals surface area (Å²) in [4.78, 5) is 18.8. The molecule has 0 aliphatic heterocycles. The van der Waals surface area contributed by atoms with Gasteiger partial charge in [0.15, 0.2) is 0 Å². The number of aromatic nitrogens is 6. The molecule has 0 saturated heterocycles. The molecule has 0 aliphatic carbocycles. The fraction of sp³-hybridized carbons (Fsp3) is 0.647. The van der Waals surface area contributed by atoms with E-state index in [0.29, 0.717) is 59.2 Å². The first-order valence-electron chi connectivity index (χ1n) is 28.6. The zero-order chi connectivity index (χ0) is 57.9. The number of nitrogens with zero attached hydrogens (tertiary/aromatic N) is 6. The van der Waals surface area contributed by atoms with Crippen molar-refractivity contribution in [3.63, 3.8) is 0 Å². The van der Waals surface area contributed by atoms with Crippen molar-refractivity contribution in [2.24, 2.45) is 0 Å². The summed E-state index contributed by atoms with van der Waals surface area (Å²) in [7, 11) is 0. The Bertz CT molecular complexity index is 2420. The Kier molecular flexibility index (Phi) is 45.7. The van der Waals surface area contributed by atoms with Crippen LogP contribution in [0.15, 0.2) is 0 Å². The Morgan fingerprint density at radius 3 is 0.519 bits per heavy atom. The second kappa shape index (κ2) is 40.6. The molecule has 79 heavy (non-hydrogen) atoms. The van der Waals surface area contributed by atoms with Crippen molar-refractivity contribution in [1.82, 2.24) is 30.1 Å². The zero-order valence-electron chi connectivity index (χ0n) is 57.3. The smallest absolute Gasteiger partial charge is 0.0688 e. The summed E-state index contributed by atoms with van der Waals surface area (Å²) in [5.74, 6) is 5.26. The van der Waals surface area contributed by atoms with Gasteiger partial charge in [0.1, 0.15) is 0 Å². The van der Waals surface area contributed by atoms with Crippen molar-refractivity contribution in [3.05, 3.63) is 135 Å². The van der Waals surface area contributed by atoms with Gasteiger partial charge in [-0.3, -0.25) is 19.9 Å². The third kappa shape index (κ3) is 24.7. The van der Waals surface area contributed by atoms with Crippen LogP contribution >= 0.6 is 0 Å². The Labute approximate surface area is 614 Å². The largest absolute Gasteiger partial charge is 0.257 e. The van der Waals surface area contributed by atoms with Crippen LogP contribution in [-0.4, -0.2) is 30.1 Å². The molecule has 5 rings (SSSR count). The molecule has 4 heterocycles. The minimum Gasteiger partial charge on any atom is -0.257 e. The summed E-state index contributed by atoms with van der Waals surface area (Å²) in [5, 5.41) is 8.62. The van der Waals surface area contributed by atoms with Gasteiger partial charge in [-0.25, -0.2) is 0 Å². The molecule has 0 amide bonds. The minimum absolute atomic E-state index is 0. The molecular formula is C68H112N6Y5. The molecule has 6 nitrogen and oxygen atoms in total. The van der Waals surface area contributed by atoms with Crippen LogP contribution in [0, 0.1) is 96.9 Å². The van der Waals surface area contributed by atoms with Crippen LogP contribution in [0.5, 0.6) is 0 Å². The molecule has 0 fully saturated rings. The van der Waals surface area contributed by atoms with Crippen LogP contribution in [0.25, 0.3) is 0 Å². The number of pyridine rings is 2. The summed E-state index contributed by atoms with van der Waals surface area (Å²) in [6, 6.07) is 0. The van der Waals surface area contributed by atoms with E-state index in [-0.39, 0.29) is 164 Å². The van der Waals surface area contributed by atoms with Crippen molar-refractivity contribution in [2.75, 3.05) is 0 Å².